The third kappa shape index (κ3) is 4.44. The minimum absolute atomic E-state index is 0.618. The van der Waals surface area contributed by atoms with Gasteiger partial charge in [0.05, 0.1) is 11.4 Å². The standard InChI is InChI=1S/C20H23N3OS/c1-14-8-9-16(15(2)12-14)13-17(6-3-4-10-21)20-22-19(23-24-20)18-7-5-11-25-18/h5,7-9,11-13H,3-4,6,10,21H2,1-2H3/p+1/b17-13+. The van der Waals surface area contributed by atoms with E-state index in [1.807, 2.05) is 17.5 Å². The van der Waals surface area contributed by atoms with Crippen molar-refractivity contribution in [3.8, 4) is 10.7 Å². The number of hydrogen-bond acceptors (Lipinski definition) is 4. The molecule has 0 amide bonds. The quantitative estimate of drug-likeness (QED) is 0.641. The fraction of sp³-hybridized carbons (Fsp3) is 0.300. The molecule has 1 aromatic carbocycles. The van der Waals surface area contributed by atoms with Crippen molar-refractivity contribution in [1.82, 2.24) is 10.1 Å². The minimum atomic E-state index is 0.618. The summed E-state index contributed by atoms with van der Waals surface area (Å²) >= 11 is 1.62. The normalized spacial score (nSPS) is 11.9. The van der Waals surface area contributed by atoms with Gasteiger partial charge in [-0.15, -0.1) is 11.3 Å². The number of benzene rings is 1. The van der Waals surface area contributed by atoms with Crippen molar-refractivity contribution in [1.29, 1.82) is 0 Å². The van der Waals surface area contributed by atoms with Crippen molar-refractivity contribution in [2.75, 3.05) is 6.54 Å². The van der Waals surface area contributed by atoms with E-state index in [-0.39, 0.29) is 0 Å². The summed E-state index contributed by atoms with van der Waals surface area (Å²) in [6.45, 7) is 5.19. The first-order valence-electron chi connectivity index (χ1n) is 8.62. The molecule has 0 spiro atoms. The van der Waals surface area contributed by atoms with Crippen LogP contribution in [0.3, 0.4) is 0 Å². The van der Waals surface area contributed by atoms with E-state index in [1.54, 1.807) is 11.3 Å². The van der Waals surface area contributed by atoms with Gasteiger partial charge in [0, 0.05) is 5.57 Å². The third-order valence-electron chi connectivity index (χ3n) is 4.14. The molecule has 0 aliphatic carbocycles. The monoisotopic (exact) mass is 354 g/mol. The molecule has 3 rings (SSSR count). The number of hydrogen-bond donors (Lipinski definition) is 1. The van der Waals surface area contributed by atoms with Crippen LogP contribution in [0.5, 0.6) is 0 Å². The SMILES string of the molecule is Cc1ccc(/C=C(\CCCC[NH3+])c2nc(-c3cccs3)no2)c(C)c1. The van der Waals surface area contributed by atoms with E-state index in [0.717, 1.165) is 36.3 Å². The van der Waals surface area contributed by atoms with Gasteiger partial charge in [0.1, 0.15) is 0 Å². The van der Waals surface area contributed by atoms with Crippen LogP contribution in [0, 0.1) is 13.8 Å². The zero-order chi connectivity index (χ0) is 17.6. The van der Waals surface area contributed by atoms with Gasteiger partial charge < -0.3 is 10.3 Å². The zero-order valence-corrected chi connectivity index (χ0v) is 15.6. The van der Waals surface area contributed by atoms with E-state index in [9.17, 15) is 0 Å². The van der Waals surface area contributed by atoms with Crippen LogP contribution in [0.1, 0.15) is 41.8 Å². The van der Waals surface area contributed by atoms with Crippen molar-refractivity contribution in [3.63, 3.8) is 0 Å². The number of quaternary nitrogens is 1. The molecule has 2 heterocycles. The first kappa shape index (κ1) is 17.6. The summed E-state index contributed by atoms with van der Waals surface area (Å²) in [5, 5.41) is 6.18. The van der Waals surface area contributed by atoms with Crippen molar-refractivity contribution < 1.29 is 10.3 Å². The lowest BCUT2D eigenvalue weighted by atomic mass is 10.0. The van der Waals surface area contributed by atoms with E-state index >= 15 is 0 Å². The van der Waals surface area contributed by atoms with Crippen LogP contribution in [0.2, 0.25) is 0 Å². The first-order chi connectivity index (χ1) is 12.2. The molecule has 0 fully saturated rings. The molecule has 0 bridgehead atoms. The van der Waals surface area contributed by atoms with E-state index in [1.165, 1.54) is 16.7 Å². The Hall–Kier alpha value is -2.24. The Kier molecular flexibility index (Phi) is 5.79. The van der Waals surface area contributed by atoms with Crippen LogP contribution in [-0.4, -0.2) is 16.7 Å². The number of allylic oxidation sites excluding steroid dienone is 1. The van der Waals surface area contributed by atoms with Crippen LogP contribution in [0.15, 0.2) is 40.2 Å². The number of rotatable bonds is 7. The van der Waals surface area contributed by atoms with E-state index in [2.05, 4.69) is 54.0 Å². The highest BCUT2D eigenvalue weighted by molar-refractivity contribution is 7.13. The van der Waals surface area contributed by atoms with Crippen LogP contribution >= 0.6 is 11.3 Å². The Morgan fingerprint density at radius 1 is 1.24 bits per heavy atom. The van der Waals surface area contributed by atoms with Crippen molar-refractivity contribution in [2.45, 2.75) is 33.1 Å². The van der Waals surface area contributed by atoms with Crippen molar-refractivity contribution >= 4 is 23.0 Å². The van der Waals surface area contributed by atoms with Gasteiger partial charge in [-0.2, -0.15) is 4.98 Å². The Bertz CT molecular complexity index is 850. The van der Waals surface area contributed by atoms with Gasteiger partial charge in [0.25, 0.3) is 5.89 Å². The molecule has 130 valence electrons. The topological polar surface area (TPSA) is 66.6 Å². The number of nitrogens with zero attached hydrogens (tertiary/aromatic N) is 2. The smallest absolute Gasteiger partial charge is 0.254 e. The van der Waals surface area contributed by atoms with Crippen molar-refractivity contribution in [2.24, 2.45) is 0 Å². The largest absolute Gasteiger partial charge is 0.358 e. The predicted molar refractivity (Wildman–Crippen MR) is 103 cm³/mol. The minimum Gasteiger partial charge on any atom is -0.358 e. The highest BCUT2D eigenvalue weighted by Crippen LogP contribution is 2.28. The number of thiophene rings is 1. The summed E-state index contributed by atoms with van der Waals surface area (Å²) < 4.78 is 5.58. The lowest BCUT2D eigenvalue weighted by Gasteiger charge is -2.06. The molecule has 4 nitrogen and oxygen atoms in total. The maximum absolute atomic E-state index is 5.58. The van der Waals surface area contributed by atoms with Gasteiger partial charge in [-0.3, -0.25) is 0 Å². The van der Waals surface area contributed by atoms with Gasteiger partial charge >= 0.3 is 0 Å². The fourth-order valence-corrected chi connectivity index (χ4v) is 3.42. The fourth-order valence-electron chi connectivity index (χ4n) is 2.77. The lowest BCUT2D eigenvalue weighted by molar-refractivity contribution is -0.368. The van der Waals surface area contributed by atoms with Crippen molar-refractivity contribution in [3.05, 3.63) is 58.3 Å². The average molecular weight is 354 g/mol. The molecule has 3 N–H and O–H groups in total. The number of aryl methyl sites for hydroxylation is 2. The van der Waals surface area contributed by atoms with Gasteiger partial charge in [0.2, 0.25) is 5.82 Å². The zero-order valence-electron chi connectivity index (χ0n) is 14.8. The van der Waals surface area contributed by atoms with Gasteiger partial charge in [-0.05, 0) is 61.8 Å². The molecule has 0 atom stereocenters. The highest BCUT2D eigenvalue weighted by Gasteiger charge is 2.14. The van der Waals surface area contributed by atoms with Crippen LogP contribution < -0.4 is 5.73 Å². The van der Waals surface area contributed by atoms with Crippen LogP contribution in [0.25, 0.3) is 22.4 Å². The second-order valence-corrected chi connectivity index (χ2v) is 7.19. The van der Waals surface area contributed by atoms with Gasteiger partial charge in [0.15, 0.2) is 0 Å². The van der Waals surface area contributed by atoms with E-state index < -0.39 is 0 Å². The molecule has 0 saturated heterocycles. The molecule has 0 saturated carbocycles. The summed E-state index contributed by atoms with van der Waals surface area (Å²) in [5.74, 6) is 1.28. The third-order valence-corrected chi connectivity index (χ3v) is 5.01. The van der Waals surface area contributed by atoms with Gasteiger partial charge in [-0.1, -0.05) is 35.0 Å². The molecule has 3 aromatic rings. The number of unbranched alkanes of at least 4 members (excludes halogenated alkanes) is 1. The van der Waals surface area contributed by atoms with E-state index in [4.69, 9.17) is 4.52 Å². The van der Waals surface area contributed by atoms with Crippen LogP contribution in [-0.2, 0) is 0 Å². The summed E-state index contributed by atoms with van der Waals surface area (Å²) in [5.41, 5.74) is 8.75. The second kappa shape index (κ2) is 8.23. The molecule has 0 aliphatic heterocycles. The maximum Gasteiger partial charge on any atom is 0.254 e. The molecule has 2 aromatic heterocycles. The summed E-state index contributed by atoms with van der Waals surface area (Å²) in [7, 11) is 0. The number of aromatic nitrogens is 2. The van der Waals surface area contributed by atoms with Gasteiger partial charge in [-0.25, -0.2) is 0 Å². The van der Waals surface area contributed by atoms with Crippen LogP contribution in [0.4, 0.5) is 0 Å². The molecular weight excluding hydrogens is 330 g/mol. The highest BCUT2D eigenvalue weighted by atomic mass is 32.1. The predicted octanol–water partition coefficient (Wildman–Crippen LogP) is 4.37. The molecule has 0 radical (unpaired) electrons. The summed E-state index contributed by atoms with van der Waals surface area (Å²) in [6.07, 6.45) is 5.26. The summed E-state index contributed by atoms with van der Waals surface area (Å²) in [4.78, 5) is 5.65. The Morgan fingerprint density at radius 3 is 2.84 bits per heavy atom. The molecule has 0 aliphatic rings. The Balaban J connectivity index is 1.92. The lowest BCUT2D eigenvalue weighted by Crippen LogP contribution is -2.50. The molecule has 25 heavy (non-hydrogen) atoms. The molecular formula is C20H24N3OS+. The molecule has 0 unspecified atom stereocenters. The first-order valence-corrected chi connectivity index (χ1v) is 9.50. The Morgan fingerprint density at radius 2 is 2.12 bits per heavy atom. The maximum atomic E-state index is 5.58. The van der Waals surface area contributed by atoms with E-state index in [0.29, 0.717) is 11.7 Å². The Labute approximate surface area is 152 Å². The molecule has 5 heteroatoms. The summed E-state index contributed by atoms with van der Waals surface area (Å²) in [6, 6.07) is 10.5. The average Bonchev–Trinajstić information content (AvgIpc) is 3.27. The second-order valence-electron chi connectivity index (χ2n) is 6.24.